The maximum Gasteiger partial charge on any atom is 0.412 e. The molecule has 0 spiro atoms. The average Bonchev–Trinajstić information content (AvgIpc) is 3.62. The number of carbonyl (C=O) groups is 3. The van der Waals surface area contributed by atoms with E-state index < -0.39 is 59.5 Å². The number of esters is 1. The van der Waals surface area contributed by atoms with Gasteiger partial charge in [-0.15, -0.1) is 0 Å². The summed E-state index contributed by atoms with van der Waals surface area (Å²) in [4.78, 5) is 42.2. The van der Waals surface area contributed by atoms with E-state index in [1.54, 1.807) is 60.6 Å². The lowest BCUT2D eigenvalue weighted by Crippen LogP contribution is -2.48. The number of amides is 2. The predicted octanol–water partition coefficient (Wildman–Crippen LogP) is 4.20. The van der Waals surface area contributed by atoms with Crippen LogP contribution < -0.4 is 10.6 Å². The molecule has 0 unspecified atom stereocenters. The number of nitrogens with zero attached hydrogens (tertiary/aromatic N) is 4. The number of unbranched alkanes of at least 4 members (excludes halogenated alkanes) is 2. The van der Waals surface area contributed by atoms with E-state index >= 15 is 0 Å². The number of rotatable bonds is 11. The van der Waals surface area contributed by atoms with Crippen LogP contribution >= 0.6 is 0 Å². The van der Waals surface area contributed by atoms with E-state index in [0.717, 1.165) is 19.3 Å². The number of ether oxygens (including phenoxy) is 6. The van der Waals surface area contributed by atoms with Crippen LogP contribution in [0, 0.1) is 17.2 Å². The molecule has 15 heteroatoms. The quantitative estimate of drug-likeness (QED) is 0.202. The molecule has 15 nitrogen and oxygen atoms in total. The fourth-order valence-corrected chi connectivity index (χ4v) is 5.38. The van der Waals surface area contributed by atoms with Crippen LogP contribution in [0.5, 0.6) is 0 Å². The van der Waals surface area contributed by atoms with E-state index in [4.69, 9.17) is 28.4 Å². The first kappa shape index (κ1) is 34.9. The van der Waals surface area contributed by atoms with Gasteiger partial charge in [-0.3, -0.25) is 5.32 Å². The van der Waals surface area contributed by atoms with E-state index in [9.17, 15) is 19.6 Å². The normalized spacial score (nSPS) is 24.2. The molecule has 2 saturated heterocycles. The maximum absolute atomic E-state index is 13.2. The minimum Gasteiger partial charge on any atom is -0.461 e. The Morgan fingerprint density at radius 2 is 1.85 bits per heavy atom. The zero-order valence-electron chi connectivity index (χ0n) is 27.6. The van der Waals surface area contributed by atoms with E-state index in [1.807, 2.05) is 0 Å². The molecular weight excluding hydrogens is 600 g/mol. The third-order valence-electron chi connectivity index (χ3n) is 7.42. The van der Waals surface area contributed by atoms with Gasteiger partial charge in [0.15, 0.2) is 11.6 Å². The largest absolute Gasteiger partial charge is 0.461 e. The maximum atomic E-state index is 13.2. The van der Waals surface area contributed by atoms with Gasteiger partial charge in [-0.25, -0.2) is 23.9 Å². The van der Waals surface area contributed by atoms with Gasteiger partial charge < -0.3 is 33.7 Å². The molecule has 0 aliphatic carbocycles. The lowest BCUT2D eigenvalue weighted by Gasteiger charge is -2.29. The monoisotopic (exact) mass is 644 g/mol. The summed E-state index contributed by atoms with van der Waals surface area (Å²) < 4.78 is 36.3. The van der Waals surface area contributed by atoms with Gasteiger partial charge in [0.25, 0.3) is 0 Å². The number of nitriles is 1. The molecule has 5 atom stereocenters. The van der Waals surface area contributed by atoms with Crippen LogP contribution in [0.3, 0.4) is 0 Å². The molecule has 252 valence electrons. The Morgan fingerprint density at radius 1 is 1.11 bits per heavy atom. The number of anilines is 1. The Morgan fingerprint density at radius 3 is 2.50 bits per heavy atom. The van der Waals surface area contributed by atoms with Gasteiger partial charge in [0.05, 0.1) is 12.3 Å². The molecule has 4 heterocycles. The molecule has 2 aromatic rings. The number of carbonyl (C=O) groups excluding carboxylic acids is 3. The first-order valence-corrected chi connectivity index (χ1v) is 15.5. The molecule has 0 saturated carbocycles. The molecule has 4 rings (SSSR count). The first-order chi connectivity index (χ1) is 21.6. The van der Waals surface area contributed by atoms with Gasteiger partial charge in [-0.2, -0.15) is 10.4 Å². The second kappa shape index (κ2) is 13.8. The Labute approximate surface area is 268 Å². The molecule has 46 heavy (non-hydrogen) atoms. The molecule has 2 aromatic heterocycles. The predicted molar refractivity (Wildman–Crippen MR) is 162 cm³/mol. The van der Waals surface area contributed by atoms with Crippen molar-refractivity contribution in [2.24, 2.45) is 5.92 Å². The van der Waals surface area contributed by atoms with Crippen molar-refractivity contribution in [2.75, 3.05) is 18.5 Å². The summed E-state index contributed by atoms with van der Waals surface area (Å²) in [5.41, 5.74) is -1.82. The Balaban J connectivity index is 1.56. The minimum absolute atomic E-state index is 0.177. The van der Waals surface area contributed by atoms with Crippen molar-refractivity contribution in [3.05, 3.63) is 24.2 Å². The van der Waals surface area contributed by atoms with Gasteiger partial charge in [0.1, 0.15) is 54.5 Å². The Bertz CT molecular complexity index is 1460. The molecule has 0 aromatic carbocycles. The van der Waals surface area contributed by atoms with Crippen LogP contribution in [0.2, 0.25) is 0 Å². The van der Waals surface area contributed by atoms with Crippen LogP contribution in [0.15, 0.2) is 18.5 Å². The van der Waals surface area contributed by atoms with Crippen LogP contribution in [0.25, 0.3) is 5.52 Å². The highest BCUT2D eigenvalue weighted by Crippen LogP contribution is 2.49. The Kier molecular flexibility index (Phi) is 10.4. The molecule has 2 fully saturated rings. The summed E-state index contributed by atoms with van der Waals surface area (Å²) in [7, 11) is 0. The number of nitrogens with one attached hydrogen (secondary N) is 2. The summed E-state index contributed by atoms with van der Waals surface area (Å²) >= 11 is 0. The number of hydrogen-bond acceptors (Lipinski definition) is 12. The van der Waals surface area contributed by atoms with Gasteiger partial charge in [-0.05, 0) is 59.1 Å². The third-order valence-corrected chi connectivity index (χ3v) is 7.42. The van der Waals surface area contributed by atoms with Gasteiger partial charge >= 0.3 is 18.2 Å². The van der Waals surface area contributed by atoms with Crippen LogP contribution in [0.4, 0.5) is 15.4 Å². The minimum atomic E-state index is -1.75. The van der Waals surface area contributed by atoms with Crippen molar-refractivity contribution in [3.8, 4) is 6.07 Å². The fourth-order valence-electron chi connectivity index (χ4n) is 5.38. The van der Waals surface area contributed by atoms with E-state index in [2.05, 4.69) is 33.7 Å². The molecular formula is C31H44N6O9. The highest BCUT2D eigenvalue weighted by atomic mass is 16.8. The summed E-state index contributed by atoms with van der Waals surface area (Å²) in [6.45, 7) is 14.1. The van der Waals surface area contributed by atoms with Crippen molar-refractivity contribution in [1.29, 1.82) is 5.26 Å². The number of alkyl carbamates (subject to hydrolysis) is 1. The summed E-state index contributed by atoms with van der Waals surface area (Å²) in [6.07, 6.45) is -0.165. The third kappa shape index (κ3) is 7.68. The van der Waals surface area contributed by atoms with Crippen molar-refractivity contribution in [2.45, 2.75) is 116 Å². The SMILES string of the molecule is CCCCCOC(=O)Nc1ncnn2c([C@]3(C#N)O[C@H](COC(=O)[C@@H](NC(=O)OC(C)(C)C)C(C)C)[C@H]4OC(C)(C)O[C@H]43)ccc12. The highest BCUT2D eigenvalue weighted by Gasteiger charge is 2.65. The highest BCUT2D eigenvalue weighted by molar-refractivity contribution is 5.88. The second-order valence-corrected chi connectivity index (χ2v) is 13.1. The summed E-state index contributed by atoms with van der Waals surface area (Å²) in [5.74, 6) is -1.93. The van der Waals surface area contributed by atoms with Crippen LogP contribution in [0.1, 0.15) is 80.3 Å². The summed E-state index contributed by atoms with van der Waals surface area (Å²) in [5, 5.41) is 20.2. The Hall–Kier alpha value is -4.00. The number of hydrogen-bond donors (Lipinski definition) is 2. The standard InChI is InChI=1S/C31H44N6O9/c1-9-10-11-14-41-27(39)36-25-19-12-13-21(37(19)34-17-33-25)31(16-32)24-23(44-30(7,8)45-24)20(43-31)15-42-26(38)22(18(2)3)35-28(40)46-29(4,5)6/h12-13,17-18,20,22-24H,9-11,14-15H2,1-8H3,(H,35,40)(H,33,34,36,39)/t20-,22+,23-,24-,31+/m1/s1. The lowest BCUT2D eigenvalue weighted by molar-refractivity contribution is -0.207. The molecule has 2 amide bonds. The van der Waals surface area contributed by atoms with Crippen molar-refractivity contribution >= 4 is 29.5 Å². The van der Waals surface area contributed by atoms with Crippen LogP contribution in [-0.4, -0.2) is 81.7 Å². The fraction of sp³-hybridized carbons (Fsp3) is 0.677. The van der Waals surface area contributed by atoms with Crippen LogP contribution in [-0.2, 0) is 38.8 Å². The average molecular weight is 645 g/mol. The number of aromatic nitrogens is 3. The second-order valence-electron chi connectivity index (χ2n) is 13.1. The molecule has 2 N–H and O–H groups in total. The zero-order chi connectivity index (χ0) is 33.9. The lowest BCUT2D eigenvalue weighted by atomic mass is 9.92. The molecule has 0 radical (unpaired) electrons. The van der Waals surface area contributed by atoms with Crippen molar-refractivity contribution in [3.63, 3.8) is 0 Å². The molecule has 2 aliphatic rings. The van der Waals surface area contributed by atoms with E-state index in [1.165, 1.54) is 10.8 Å². The smallest absolute Gasteiger partial charge is 0.412 e. The van der Waals surface area contributed by atoms with Gasteiger partial charge in [0.2, 0.25) is 5.60 Å². The molecule has 2 aliphatic heterocycles. The van der Waals surface area contributed by atoms with E-state index in [-0.39, 0.29) is 24.9 Å². The molecule has 0 bridgehead atoms. The summed E-state index contributed by atoms with van der Waals surface area (Å²) in [6, 6.07) is 4.53. The van der Waals surface area contributed by atoms with Gasteiger partial charge in [0, 0.05) is 0 Å². The van der Waals surface area contributed by atoms with Gasteiger partial charge in [-0.1, -0.05) is 33.6 Å². The van der Waals surface area contributed by atoms with Crippen molar-refractivity contribution in [1.82, 2.24) is 19.9 Å². The topological polar surface area (TPSA) is 185 Å². The van der Waals surface area contributed by atoms with Crippen molar-refractivity contribution < 1.29 is 42.8 Å². The first-order valence-electron chi connectivity index (χ1n) is 15.5. The zero-order valence-corrected chi connectivity index (χ0v) is 27.6. The number of fused-ring (bicyclic) bond motifs is 2. The van der Waals surface area contributed by atoms with E-state index in [0.29, 0.717) is 11.2 Å².